The Morgan fingerprint density at radius 3 is 1.59 bits per heavy atom. The molecule has 0 aromatic heterocycles. The van der Waals surface area contributed by atoms with Gasteiger partial charge in [0, 0.05) is 6.42 Å². The number of nitrogens with one attached hydrogen (secondary N) is 1. The van der Waals surface area contributed by atoms with Crippen LogP contribution in [0.3, 0.4) is 0 Å². The molecule has 0 aromatic rings. The summed E-state index contributed by atoms with van der Waals surface area (Å²) in [4.78, 5) is 13.2. The number of aliphatic hydroxyl groups excluding tert-OH is 8. The van der Waals surface area contributed by atoms with Crippen LogP contribution in [0.4, 0.5) is 0 Å². The fraction of sp³-hybridized carbons (Fsp3) is 0.865. The predicted molar refractivity (Wildman–Crippen MR) is 258 cm³/mol. The minimum absolute atomic E-state index is 0.236. The van der Waals surface area contributed by atoms with Gasteiger partial charge in [-0.15, -0.1) is 0 Å². The summed E-state index contributed by atoms with van der Waals surface area (Å²) in [5.74, 6) is -0.236. The van der Waals surface area contributed by atoms with E-state index < -0.39 is 86.8 Å². The molecule has 1 amide bonds. The van der Waals surface area contributed by atoms with E-state index in [1.165, 1.54) is 96.3 Å². The molecule has 14 heteroatoms. The van der Waals surface area contributed by atoms with Crippen LogP contribution in [0.1, 0.15) is 194 Å². The van der Waals surface area contributed by atoms with E-state index in [0.717, 1.165) is 64.2 Å². The van der Waals surface area contributed by atoms with Gasteiger partial charge >= 0.3 is 0 Å². The third-order valence-electron chi connectivity index (χ3n) is 12.9. The van der Waals surface area contributed by atoms with Gasteiger partial charge in [0.1, 0.15) is 48.8 Å². The molecule has 0 radical (unpaired) electrons. The van der Waals surface area contributed by atoms with Gasteiger partial charge in [0.25, 0.3) is 0 Å². The molecular weight excluding hydrogens is 847 g/mol. The van der Waals surface area contributed by atoms with Crippen LogP contribution in [-0.2, 0) is 23.7 Å². The third-order valence-corrected chi connectivity index (χ3v) is 12.9. The van der Waals surface area contributed by atoms with Crippen molar-refractivity contribution >= 4 is 5.91 Å². The van der Waals surface area contributed by atoms with E-state index >= 15 is 0 Å². The number of carbonyl (C=O) groups is 1. The number of hydrogen-bond donors (Lipinski definition) is 9. The second-order valence-corrected chi connectivity index (χ2v) is 18.6. The average Bonchev–Trinajstić information content (AvgIpc) is 3.31. The first-order chi connectivity index (χ1) is 32.1. The first-order valence-corrected chi connectivity index (χ1v) is 26.2. The zero-order valence-corrected chi connectivity index (χ0v) is 40.9. The van der Waals surface area contributed by atoms with Crippen LogP contribution in [0.25, 0.3) is 0 Å². The van der Waals surface area contributed by atoms with Crippen LogP contribution in [-0.4, -0.2) is 140 Å². The normalized spacial score (nSPS) is 27.1. The molecule has 0 aliphatic carbocycles. The molecule has 66 heavy (non-hydrogen) atoms. The van der Waals surface area contributed by atoms with Gasteiger partial charge in [-0.3, -0.25) is 4.79 Å². The first-order valence-electron chi connectivity index (χ1n) is 26.2. The summed E-state index contributed by atoms with van der Waals surface area (Å²) in [6.07, 6.45) is 27.2. The van der Waals surface area contributed by atoms with Crippen molar-refractivity contribution in [1.82, 2.24) is 5.32 Å². The average molecular weight is 942 g/mol. The molecule has 2 aliphatic heterocycles. The van der Waals surface area contributed by atoms with Crippen LogP contribution in [0.15, 0.2) is 36.5 Å². The molecule has 0 aromatic carbocycles. The second kappa shape index (κ2) is 39.0. The lowest BCUT2D eigenvalue weighted by atomic mass is 9.97. The summed E-state index contributed by atoms with van der Waals surface area (Å²) in [6.45, 7) is 2.71. The number of ether oxygens (including phenoxy) is 4. The van der Waals surface area contributed by atoms with Gasteiger partial charge in [-0.2, -0.15) is 0 Å². The summed E-state index contributed by atoms with van der Waals surface area (Å²) in [5, 5.41) is 86.9. The fourth-order valence-corrected chi connectivity index (χ4v) is 8.60. The lowest BCUT2D eigenvalue weighted by Gasteiger charge is -2.46. The van der Waals surface area contributed by atoms with Crippen molar-refractivity contribution in [3.63, 3.8) is 0 Å². The molecule has 9 N–H and O–H groups in total. The van der Waals surface area contributed by atoms with Crippen LogP contribution in [0.5, 0.6) is 0 Å². The van der Waals surface area contributed by atoms with Crippen molar-refractivity contribution in [3.05, 3.63) is 36.5 Å². The summed E-state index contributed by atoms with van der Waals surface area (Å²) in [6, 6.07) is -0.842. The molecule has 14 nitrogen and oxygen atoms in total. The number of allylic oxidation sites excluding steroid dienone is 6. The van der Waals surface area contributed by atoms with Gasteiger partial charge in [0.15, 0.2) is 12.6 Å². The molecule has 386 valence electrons. The van der Waals surface area contributed by atoms with Gasteiger partial charge in [0.2, 0.25) is 5.91 Å². The van der Waals surface area contributed by atoms with Gasteiger partial charge in [-0.1, -0.05) is 179 Å². The number of aliphatic hydroxyl groups is 8. The Balaban J connectivity index is 1.82. The van der Waals surface area contributed by atoms with Gasteiger partial charge in [0.05, 0.1) is 32.0 Å². The topological polar surface area (TPSA) is 228 Å². The highest BCUT2D eigenvalue weighted by Gasteiger charge is 2.51. The number of amides is 1. The number of rotatable bonds is 40. The van der Waals surface area contributed by atoms with E-state index in [0.29, 0.717) is 12.8 Å². The Kier molecular flexibility index (Phi) is 35.6. The van der Waals surface area contributed by atoms with E-state index in [4.69, 9.17) is 18.9 Å². The highest BCUT2D eigenvalue weighted by molar-refractivity contribution is 5.76. The monoisotopic (exact) mass is 942 g/mol. The maximum atomic E-state index is 13.2. The SMILES string of the molecule is CC/C=C\C/C=C\C/C=C\CCCCCC(=O)NC(COC1OC(CO)C(OC2OC(CO)C(O)C(O)C2O)C(O)C1O)C(O)CCCCCCCCCCCCCCCCCCCCC. The van der Waals surface area contributed by atoms with Gasteiger partial charge in [-0.05, 0) is 44.9 Å². The molecule has 0 bridgehead atoms. The summed E-state index contributed by atoms with van der Waals surface area (Å²) < 4.78 is 22.7. The lowest BCUT2D eigenvalue weighted by molar-refractivity contribution is -0.359. The van der Waals surface area contributed by atoms with E-state index in [2.05, 4.69) is 55.6 Å². The first kappa shape index (κ1) is 60.3. The van der Waals surface area contributed by atoms with Gasteiger partial charge < -0.3 is 65.1 Å². The van der Waals surface area contributed by atoms with E-state index in [1.54, 1.807) is 0 Å². The molecule has 2 rings (SSSR count). The van der Waals surface area contributed by atoms with Crippen molar-refractivity contribution < 1.29 is 64.6 Å². The molecule has 0 spiro atoms. The fourth-order valence-electron chi connectivity index (χ4n) is 8.60. The predicted octanol–water partition coefficient (Wildman–Crippen LogP) is 7.10. The van der Waals surface area contributed by atoms with Gasteiger partial charge in [-0.25, -0.2) is 0 Å². The smallest absolute Gasteiger partial charge is 0.220 e. The van der Waals surface area contributed by atoms with Crippen molar-refractivity contribution in [1.29, 1.82) is 0 Å². The molecule has 0 saturated carbocycles. The van der Waals surface area contributed by atoms with Crippen molar-refractivity contribution in [2.24, 2.45) is 0 Å². The molecule has 12 unspecified atom stereocenters. The van der Waals surface area contributed by atoms with Crippen LogP contribution >= 0.6 is 0 Å². The Morgan fingerprint density at radius 1 is 0.561 bits per heavy atom. The van der Waals surface area contributed by atoms with Crippen LogP contribution in [0.2, 0.25) is 0 Å². The Morgan fingerprint density at radius 2 is 1.05 bits per heavy atom. The highest BCUT2D eigenvalue weighted by atomic mass is 16.7. The van der Waals surface area contributed by atoms with Crippen molar-refractivity contribution in [2.45, 2.75) is 267 Å². The highest BCUT2D eigenvalue weighted by Crippen LogP contribution is 2.30. The zero-order chi connectivity index (χ0) is 48.2. The quantitative estimate of drug-likeness (QED) is 0.0221. The second-order valence-electron chi connectivity index (χ2n) is 18.6. The summed E-state index contributed by atoms with van der Waals surface area (Å²) in [5.41, 5.74) is 0. The lowest BCUT2D eigenvalue weighted by Crippen LogP contribution is -2.65. The third kappa shape index (κ3) is 25.7. The Bertz CT molecular complexity index is 1250. The Hall–Kier alpha value is -1.79. The van der Waals surface area contributed by atoms with E-state index in [1.807, 2.05) is 0 Å². The molecule has 2 aliphatic rings. The van der Waals surface area contributed by atoms with E-state index in [9.17, 15) is 45.6 Å². The minimum atomic E-state index is -1.78. The zero-order valence-electron chi connectivity index (χ0n) is 40.9. The molecule has 12 atom stereocenters. The van der Waals surface area contributed by atoms with Crippen molar-refractivity contribution in [2.75, 3.05) is 19.8 Å². The molecule has 2 fully saturated rings. The standard InChI is InChI=1S/C52H95NO13/c1-3-5-7-9-11-13-15-17-18-19-20-21-22-24-25-27-29-31-33-35-41(56)40(53-44(57)36-34-32-30-28-26-23-16-14-12-10-8-6-4-2)39-63-51-49(62)47(60)50(43(38-55)65-51)66-52-48(61)46(59)45(58)42(37-54)64-52/h6,8,12,14,23,26,40-43,45-52,54-56,58-62H,3-5,7,9-11,13,15-22,24-25,27-39H2,1-2H3,(H,53,57)/b8-6-,14-12-,26-23-. The van der Waals surface area contributed by atoms with E-state index in [-0.39, 0.29) is 18.9 Å². The molecular formula is C52H95NO13. The number of carbonyl (C=O) groups excluding carboxylic acids is 1. The number of unbranched alkanes of at least 4 members (excludes halogenated alkanes) is 21. The maximum Gasteiger partial charge on any atom is 0.220 e. The Labute approximate surface area is 398 Å². The molecule has 2 heterocycles. The summed E-state index contributed by atoms with van der Waals surface area (Å²) >= 11 is 0. The van der Waals surface area contributed by atoms with Crippen molar-refractivity contribution in [3.8, 4) is 0 Å². The number of hydrogen-bond acceptors (Lipinski definition) is 13. The summed E-state index contributed by atoms with van der Waals surface area (Å²) in [7, 11) is 0. The van der Waals surface area contributed by atoms with Crippen LogP contribution < -0.4 is 5.32 Å². The largest absolute Gasteiger partial charge is 0.394 e. The van der Waals surface area contributed by atoms with Crippen LogP contribution in [0, 0.1) is 0 Å². The minimum Gasteiger partial charge on any atom is -0.394 e. The molecule has 2 saturated heterocycles. The maximum absolute atomic E-state index is 13.2.